The van der Waals surface area contributed by atoms with Crippen molar-refractivity contribution in [2.75, 3.05) is 6.54 Å². The Hall–Kier alpha value is -1.06. The molecular formula is C15H27NO3. The van der Waals surface area contributed by atoms with E-state index in [0.717, 1.165) is 25.8 Å². The Kier molecular flexibility index (Phi) is 6.89. The molecule has 2 unspecified atom stereocenters. The van der Waals surface area contributed by atoms with Crippen molar-refractivity contribution in [3.05, 3.63) is 0 Å². The normalized spacial score (nSPS) is 20.5. The van der Waals surface area contributed by atoms with Gasteiger partial charge in [-0.15, -0.1) is 0 Å². The Morgan fingerprint density at radius 1 is 1.32 bits per heavy atom. The number of hydrogen-bond donors (Lipinski definition) is 1. The minimum Gasteiger partial charge on any atom is -0.481 e. The molecule has 2 atom stereocenters. The molecule has 0 radical (unpaired) electrons. The average molecular weight is 269 g/mol. The summed E-state index contributed by atoms with van der Waals surface area (Å²) in [5, 5.41) is 8.57. The number of hydrogen-bond acceptors (Lipinski definition) is 2. The molecule has 0 spiro atoms. The zero-order chi connectivity index (χ0) is 14.3. The summed E-state index contributed by atoms with van der Waals surface area (Å²) in [5.74, 6) is 0.0226. The molecule has 0 aliphatic carbocycles. The van der Waals surface area contributed by atoms with Crippen LogP contribution < -0.4 is 0 Å². The second-order valence-electron chi connectivity index (χ2n) is 5.66. The van der Waals surface area contributed by atoms with Gasteiger partial charge in [-0.2, -0.15) is 0 Å². The van der Waals surface area contributed by atoms with Crippen molar-refractivity contribution in [3.63, 3.8) is 0 Å². The molecule has 0 aromatic rings. The molecule has 1 amide bonds. The first-order valence-electron chi connectivity index (χ1n) is 7.57. The van der Waals surface area contributed by atoms with Gasteiger partial charge in [0.2, 0.25) is 5.91 Å². The van der Waals surface area contributed by atoms with E-state index >= 15 is 0 Å². The van der Waals surface area contributed by atoms with Crippen molar-refractivity contribution < 1.29 is 14.7 Å². The molecule has 19 heavy (non-hydrogen) atoms. The number of carbonyl (C=O) groups is 2. The van der Waals surface area contributed by atoms with E-state index < -0.39 is 5.97 Å². The summed E-state index contributed by atoms with van der Waals surface area (Å²) in [5.41, 5.74) is 0. The van der Waals surface area contributed by atoms with E-state index in [-0.39, 0.29) is 12.3 Å². The average Bonchev–Trinajstić information content (AvgIpc) is 2.83. The van der Waals surface area contributed by atoms with Crippen LogP contribution in [0.2, 0.25) is 0 Å². The Morgan fingerprint density at radius 3 is 2.63 bits per heavy atom. The summed E-state index contributed by atoms with van der Waals surface area (Å²) >= 11 is 0. The SMILES string of the molecule is CCCC(C)C1CCCN1C(=O)CCCCC(=O)O. The van der Waals surface area contributed by atoms with Gasteiger partial charge in [0.05, 0.1) is 0 Å². The first-order chi connectivity index (χ1) is 9.06. The van der Waals surface area contributed by atoms with Crippen LogP contribution in [-0.4, -0.2) is 34.5 Å². The van der Waals surface area contributed by atoms with Crippen LogP contribution in [0.15, 0.2) is 0 Å². The van der Waals surface area contributed by atoms with Crippen LogP contribution in [0.3, 0.4) is 0 Å². The van der Waals surface area contributed by atoms with Crippen LogP contribution in [0.4, 0.5) is 0 Å². The van der Waals surface area contributed by atoms with Crippen molar-refractivity contribution in [1.82, 2.24) is 4.90 Å². The van der Waals surface area contributed by atoms with Crippen LogP contribution in [-0.2, 0) is 9.59 Å². The molecule has 1 aliphatic rings. The van der Waals surface area contributed by atoms with E-state index in [9.17, 15) is 9.59 Å². The number of nitrogens with zero attached hydrogens (tertiary/aromatic N) is 1. The summed E-state index contributed by atoms with van der Waals surface area (Å²) in [6.07, 6.45) is 6.54. The lowest BCUT2D eigenvalue weighted by Gasteiger charge is -2.29. The van der Waals surface area contributed by atoms with Gasteiger partial charge in [0.1, 0.15) is 0 Å². The van der Waals surface area contributed by atoms with Crippen LogP contribution in [0.5, 0.6) is 0 Å². The lowest BCUT2D eigenvalue weighted by atomic mass is 9.95. The molecule has 1 aliphatic heterocycles. The maximum atomic E-state index is 12.2. The Bertz CT molecular complexity index is 304. The molecule has 110 valence electrons. The molecule has 1 fully saturated rings. The van der Waals surface area contributed by atoms with Gasteiger partial charge in [-0.05, 0) is 38.0 Å². The first kappa shape index (κ1) is 16.0. The van der Waals surface area contributed by atoms with E-state index in [0.29, 0.717) is 31.2 Å². The smallest absolute Gasteiger partial charge is 0.303 e. The number of carboxylic acid groups (broad SMARTS) is 1. The number of amides is 1. The fourth-order valence-corrected chi connectivity index (χ4v) is 3.04. The number of aliphatic carboxylic acids is 1. The summed E-state index contributed by atoms with van der Waals surface area (Å²) in [4.78, 5) is 24.6. The van der Waals surface area contributed by atoms with Crippen LogP contribution in [0.1, 0.15) is 65.2 Å². The van der Waals surface area contributed by atoms with Crippen molar-refractivity contribution in [2.45, 2.75) is 71.3 Å². The van der Waals surface area contributed by atoms with Crippen molar-refractivity contribution in [1.29, 1.82) is 0 Å². The van der Waals surface area contributed by atoms with E-state index in [1.165, 1.54) is 6.42 Å². The predicted molar refractivity (Wildman–Crippen MR) is 74.9 cm³/mol. The fourth-order valence-electron chi connectivity index (χ4n) is 3.04. The fraction of sp³-hybridized carbons (Fsp3) is 0.867. The molecule has 0 saturated carbocycles. The quantitative estimate of drug-likeness (QED) is 0.689. The summed E-state index contributed by atoms with van der Waals surface area (Å²) in [6, 6.07) is 0.409. The third-order valence-corrected chi connectivity index (χ3v) is 4.05. The van der Waals surface area contributed by atoms with Crippen LogP contribution >= 0.6 is 0 Å². The van der Waals surface area contributed by atoms with Gasteiger partial charge >= 0.3 is 5.97 Å². The molecule has 0 aromatic heterocycles. The molecule has 1 N–H and O–H groups in total. The highest BCUT2D eigenvalue weighted by Gasteiger charge is 2.31. The molecule has 4 nitrogen and oxygen atoms in total. The van der Waals surface area contributed by atoms with Gasteiger partial charge in [0, 0.05) is 25.4 Å². The first-order valence-corrected chi connectivity index (χ1v) is 7.57. The lowest BCUT2D eigenvalue weighted by molar-refractivity contribution is -0.138. The van der Waals surface area contributed by atoms with E-state index in [2.05, 4.69) is 13.8 Å². The summed E-state index contributed by atoms with van der Waals surface area (Å²) < 4.78 is 0. The lowest BCUT2D eigenvalue weighted by Crippen LogP contribution is -2.39. The third-order valence-electron chi connectivity index (χ3n) is 4.05. The van der Waals surface area contributed by atoms with Crippen molar-refractivity contribution >= 4 is 11.9 Å². The third kappa shape index (κ3) is 5.21. The molecule has 4 heteroatoms. The number of carboxylic acids is 1. The highest BCUT2D eigenvalue weighted by atomic mass is 16.4. The Labute approximate surface area is 116 Å². The maximum Gasteiger partial charge on any atom is 0.303 e. The molecule has 0 bridgehead atoms. The van der Waals surface area contributed by atoms with Gasteiger partial charge in [-0.25, -0.2) is 0 Å². The Balaban J connectivity index is 2.35. The largest absolute Gasteiger partial charge is 0.481 e. The summed E-state index contributed by atoms with van der Waals surface area (Å²) in [6.45, 7) is 5.31. The van der Waals surface area contributed by atoms with Crippen LogP contribution in [0, 0.1) is 5.92 Å². The molecule has 1 rings (SSSR count). The van der Waals surface area contributed by atoms with Gasteiger partial charge in [0.15, 0.2) is 0 Å². The molecule has 1 saturated heterocycles. The van der Waals surface area contributed by atoms with Gasteiger partial charge in [0.25, 0.3) is 0 Å². The minimum absolute atomic E-state index is 0.170. The van der Waals surface area contributed by atoms with Gasteiger partial charge in [-0.1, -0.05) is 20.3 Å². The van der Waals surface area contributed by atoms with Crippen LogP contribution in [0.25, 0.3) is 0 Å². The standard InChI is InChI=1S/C15H27NO3/c1-3-7-12(2)13-8-6-11-16(13)14(17)9-4-5-10-15(18)19/h12-13H,3-11H2,1-2H3,(H,18,19). The van der Waals surface area contributed by atoms with E-state index in [1.54, 1.807) is 0 Å². The van der Waals surface area contributed by atoms with Gasteiger partial charge < -0.3 is 10.0 Å². The highest BCUT2D eigenvalue weighted by molar-refractivity contribution is 5.77. The van der Waals surface area contributed by atoms with Crippen molar-refractivity contribution in [2.24, 2.45) is 5.92 Å². The topological polar surface area (TPSA) is 57.6 Å². The minimum atomic E-state index is -0.775. The monoisotopic (exact) mass is 269 g/mol. The molecule has 0 aromatic carbocycles. The second kappa shape index (κ2) is 8.18. The zero-order valence-electron chi connectivity index (χ0n) is 12.2. The maximum absolute atomic E-state index is 12.2. The number of likely N-dealkylation sites (tertiary alicyclic amines) is 1. The molecular weight excluding hydrogens is 242 g/mol. The zero-order valence-corrected chi connectivity index (χ0v) is 12.2. The highest BCUT2D eigenvalue weighted by Crippen LogP contribution is 2.27. The van der Waals surface area contributed by atoms with Crippen molar-refractivity contribution in [3.8, 4) is 0 Å². The second-order valence-corrected chi connectivity index (χ2v) is 5.66. The summed E-state index contributed by atoms with van der Waals surface area (Å²) in [7, 11) is 0. The van der Waals surface area contributed by atoms with E-state index in [1.807, 2.05) is 4.90 Å². The molecule has 1 heterocycles. The Morgan fingerprint density at radius 2 is 2.00 bits per heavy atom. The predicted octanol–water partition coefficient (Wildman–Crippen LogP) is 3.06. The van der Waals surface area contributed by atoms with Gasteiger partial charge in [-0.3, -0.25) is 9.59 Å². The number of rotatable bonds is 8. The number of carbonyl (C=O) groups excluding carboxylic acids is 1. The number of unbranched alkanes of at least 4 members (excludes halogenated alkanes) is 1. The van der Waals surface area contributed by atoms with E-state index in [4.69, 9.17) is 5.11 Å².